The number of aromatic nitrogens is 1. The summed E-state index contributed by atoms with van der Waals surface area (Å²) in [7, 11) is 0. The van der Waals surface area contributed by atoms with Crippen LogP contribution in [0.15, 0.2) is 18.2 Å². The lowest BCUT2D eigenvalue weighted by molar-refractivity contribution is 0.0690. The van der Waals surface area contributed by atoms with Gasteiger partial charge < -0.3 is 10.4 Å². The van der Waals surface area contributed by atoms with Crippen LogP contribution in [0.5, 0.6) is 0 Å². The Morgan fingerprint density at radius 2 is 2.17 bits per heavy atom. The van der Waals surface area contributed by atoms with E-state index in [-0.39, 0.29) is 11.1 Å². The fraction of sp³-hybridized carbons (Fsp3) is 0.538. The van der Waals surface area contributed by atoms with E-state index in [1.807, 2.05) is 0 Å². The molecule has 0 bridgehead atoms. The van der Waals surface area contributed by atoms with Crippen molar-refractivity contribution in [3.8, 4) is 0 Å². The van der Waals surface area contributed by atoms with Gasteiger partial charge in [0.25, 0.3) is 0 Å². The number of carboxylic acid groups (broad SMARTS) is 1. The summed E-state index contributed by atoms with van der Waals surface area (Å²) in [5.41, 5.74) is 0.257. The zero-order valence-corrected chi connectivity index (χ0v) is 12.0. The van der Waals surface area contributed by atoms with Gasteiger partial charge in [-0.2, -0.15) is 11.8 Å². The van der Waals surface area contributed by atoms with E-state index < -0.39 is 5.97 Å². The SMILES string of the molecule is CSC(CNc1cccc(C(=O)O)n1)C(C)(C)C. The highest BCUT2D eigenvalue weighted by Crippen LogP contribution is 2.28. The summed E-state index contributed by atoms with van der Waals surface area (Å²) in [4.78, 5) is 14.9. The van der Waals surface area contributed by atoms with Gasteiger partial charge in [-0.1, -0.05) is 26.8 Å². The van der Waals surface area contributed by atoms with Crippen LogP contribution in [-0.4, -0.2) is 34.1 Å². The molecule has 1 atom stereocenters. The minimum absolute atomic E-state index is 0.0662. The van der Waals surface area contributed by atoms with Gasteiger partial charge in [0, 0.05) is 11.8 Å². The Bertz CT molecular complexity index is 416. The van der Waals surface area contributed by atoms with Crippen molar-refractivity contribution in [3.63, 3.8) is 0 Å². The lowest BCUT2D eigenvalue weighted by atomic mass is 9.91. The molecule has 4 nitrogen and oxygen atoms in total. The quantitative estimate of drug-likeness (QED) is 0.859. The van der Waals surface area contributed by atoms with Crippen LogP contribution in [0.4, 0.5) is 5.82 Å². The normalized spacial score (nSPS) is 13.1. The predicted molar refractivity (Wildman–Crippen MR) is 76.4 cm³/mol. The Hall–Kier alpha value is -1.23. The van der Waals surface area contributed by atoms with E-state index in [9.17, 15) is 4.79 Å². The third-order valence-electron chi connectivity index (χ3n) is 2.69. The highest BCUT2D eigenvalue weighted by Gasteiger charge is 2.23. The third-order valence-corrected chi connectivity index (χ3v) is 4.13. The molecule has 0 radical (unpaired) electrons. The Morgan fingerprint density at radius 1 is 1.50 bits per heavy atom. The van der Waals surface area contributed by atoms with Crippen LogP contribution in [0.25, 0.3) is 0 Å². The second-order valence-electron chi connectivity index (χ2n) is 5.18. The summed E-state index contributed by atoms with van der Waals surface area (Å²) in [6.07, 6.45) is 2.08. The maximum Gasteiger partial charge on any atom is 0.354 e. The van der Waals surface area contributed by atoms with Gasteiger partial charge in [-0.15, -0.1) is 0 Å². The van der Waals surface area contributed by atoms with E-state index in [4.69, 9.17) is 5.11 Å². The molecule has 0 aromatic carbocycles. The van der Waals surface area contributed by atoms with Crippen molar-refractivity contribution in [2.75, 3.05) is 18.1 Å². The number of pyridine rings is 1. The fourth-order valence-electron chi connectivity index (χ4n) is 1.59. The predicted octanol–water partition coefficient (Wildman–Crippen LogP) is 2.97. The number of nitrogens with zero attached hydrogens (tertiary/aromatic N) is 1. The van der Waals surface area contributed by atoms with Crippen LogP contribution >= 0.6 is 11.8 Å². The van der Waals surface area contributed by atoms with Crippen molar-refractivity contribution in [2.24, 2.45) is 5.41 Å². The first kappa shape index (κ1) is 14.8. The van der Waals surface area contributed by atoms with Gasteiger partial charge in [-0.25, -0.2) is 9.78 Å². The third kappa shape index (κ3) is 4.22. The van der Waals surface area contributed by atoms with Crippen LogP contribution in [0.2, 0.25) is 0 Å². The van der Waals surface area contributed by atoms with Crippen LogP contribution in [-0.2, 0) is 0 Å². The molecule has 0 saturated carbocycles. The van der Waals surface area contributed by atoms with Gasteiger partial charge >= 0.3 is 5.97 Å². The Labute approximate surface area is 112 Å². The molecule has 0 fully saturated rings. The monoisotopic (exact) mass is 268 g/mol. The van der Waals surface area contributed by atoms with Crippen molar-refractivity contribution in [1.82, 2.24) is 4.98 Å². The summed E-state index contributed by atoms with van der Waals surface area (Å²) >= 11 is 1.80. The number of hydrogen-bond donors (Lipinski definition) is 2. The molecule has 1 aromatic heterocycles. The van der Waals surface area contributed by atoms with Gasteiger partial charge in [0.2, 0.25) is 0 Å². The average molecular weight is 268 g/mol. The van der Waals surface area contributed by atoms with E-state index in [0.717, 1.165) is 6.54 Å². The van der Waals surface area contributed by atoms with Crippen LogP contribution in [0, 0.1) is 5.41 Å². The standard InChI is InChI=1S/C13H20N2O2S/c1-13(2,3)10(18-4)8-14-11-7-5-6-9(15-11)12(16)17/h5-7,10H,8H2,1-4H3,(H,14,15)(H,16,17). The first-order valence-corrected chi connectivity index (χ1v) is 7.10. The fourth-order valence-corrected chi connectivity index (χ4v) is 2.55. The maximum absolute atomic E-state index is 10.8. The number of anilines is 1. The van der Waals surface area contributed by atoms with Crippen molar-refractivity contribution < 1.29 is 9.90 Å². The second-order valence-corrected chi connectivity index (χ2v) is 6.22. The number of carbonyl (C=O) groups is 1. The van der Waals surface area contributed by atoms with E-state index in [2.05, 4.69) is 37.3 Å². The molecular weight excluding hydrogens is 248 g/mol. The molecule has 0 aliphatic heterocycles. The molecule has 0 spiro atoms. The Morgan fingerprint density at radius 3 is 2.67 bits per heavy atom. The van der Waals surface area contributed by atoms with Crippen LogP contribution < -0.4 is 5.32 Å². The number of aromatic carboxylic acids is 1. The number of rotatable bonds is 5. The molecule has 1 unspecified atom stereocenters. The van der Waals surface area contributed by atoms with E-state index >= 15 is 0 Å². The first-order chi connectivity index (χ1) is 8.34. The number of hydrogen-bond acceptors (Lipinski definition) is 4. The molecule has 1 heterocycles. The summed E-state index contributed by atoms with van der Waals surface area (Å²) in [5.74, 6) is -0.394. The molecule has 1 aromatic rings. The lowest BCUT2D eigenvalue weighted by Gasteiger charge is -2.29. The maximum atomic E-state index is 10.8. The van der Waals surface area contributed by atoms with Gasteiger partial charge in [0.1, 0.15) is 5.82 Å². The van der Waals surface area contributed by atoms with Crippen molar-refractivity contribution in [1.29, 1.82) is 0 Å². The van der Waals surface area contributed by atoms with E-state index in [1.54, 1.807) is 23.9 Å². The number of thioether (sulfide) groups is 1. The van der Waals surface area contributed by atoms with Gasteiger partial charge in [-0.05, 0) is 23.8 Å². The molecular formula is C13H20N2O2S. The summed E-state index contributed by atoms with van der Waals surface area (Å²) in [5, 5.41) is 12.5. The molecule has 0 saturated heterocycles. The molecule has 5 heteroatoms. The molecule has 0 aliphatic rings. The highest BCUT2D eigenvalue weighted by atomic mass is 32.2. The van der Waals surface area contributed by atoms with Crippen LogP contribution in [0.1, 0.15) is 31.3 Å². The zero-order chi connectivity index (χ0) is 13.8. The van der Waals surface area contributed by atoms with Crippen molar-refractivity contribution in [3.05, 3.63) is 23.9 Å². The minimum atomic E-state index is -1.00. The molecule has 0 aliphatic carbocycles. The Kier molecular flexibility index (Phi) is 5.02. The zero-order valence-electron chi connectivity index (χ0n) is 11.2. The van der Waals surface area contributed by atoms with E-state index in [1.165, 1.54) is 6.07 Å². The van der Waals surface area contributed by atoms with Gasteiger partial charge in [0.05, 0.1) is 0 Å². The second kappa shape index (κ2) is 6.09. The smallest absolute Gasteiger partial charge is 0.354 e. The average Bonchev–Trinajstić information content (AvgIpc) is 2.28. The van der Waals surface area contributed by atoms with Crippen molar-refractivity contribution >= 4 is 23.5 Å². The molecule has 0 amide bonds. The summed E-state index contributed by atoms with van der Waals surface area (Å²) in [6.45, 7) is 7.34. The van der Waals surface area contributed by atoms with Gasteiger partial charge in [-0.3, -0.25) is 0 Å². The number of carboxylic acids is 1. The summed E-state index contributed by atoms with van der Waals surface area (Å²) < 4.78 is 0. The molecule has 100 valence electrons. The highest BCUT2D eigenvalue weighted by molar-refractivity contribution is 7.99. The largest absolute Gasteiger partial charge is 0.477 e. The molecule has 1 rings (SSSR count). The topological polar surface area (TPSA) is 62.2 Å². The molecule has 18 heavy (non-hydrogen) atoms. The van der Waals surface area contributed by atoms with Crippen LogP contribution in [0.3, 0.4) is 0 Å². The van der Waals surface area contributed by atoms with E-state index in [0.29, 0.717) is 11.1 Å². The Balaban J connectivity index is 2.68. The van der Waals surface area contributed by atoms with Crippen molar-refractivity contribution in [2.45, 2.75) is 26.0 Å². The minimum Gasteiger partial charge on any atom is -0.477 e. The lowest BCUT2D eigenvalue weighted by Crippen LogP contribution is -2.30. The summed E-state index contributed by atoms with van der Waals surface area (Å²) in [6, 6.07) is 4.97. The van der Waals surface area contributed by atoms with Gasteiger partial charge in [0.15, 0.2) is 5.69 Å². The number of nitrogens with one attached hydrogen (secondary N) is 1. The first-order valence-electron chi connectivity index (χ1n) is 5.81. The molecule has 2 N–H and O–H groups in total.